The largest absolute Gasteiger partial charge is 0.319 e. The van der Waals surface area contributed by atoms with E-state index < -0.39 is 10.0 Å². The molecule has 1 spiro atoms. The Morgan fingerprint density at radius 2 is 1.79 bits per heavy atom. The van der Waals surface area contributed by atoms with Crippen molar-refractivity contribution in [2.24, 2.45) is 0 Å². The smallest absolute Gasteiger partial charge is 0.232 e. The minimum atomic E-state index is -3.33. The van der Waals surface area contributed by atoms with Gasteiger partial charge in [0.1, 0.15) is 0 Å². The Bertz CT molecular complexity index is 1120. The minimum Gasteiger partial charge on any atom is -0.319 e. The zero-order valence-electron chi connectivity index (χ0n) is 19.0. The van der Waals surface area contributed by atoms with Crippen LogP contribution in [-0.2, 0) is 15.4 Å². The van der Waals surface area contributed by atoms with Crippen molar-refractivity contribution in [2.45, 2.75) is 30.6 Å². The fourth-order valence-electron chi connectivity index (χ4n) is 5.26. The van der Waals surface area contributed by atoms with Gasteiger partial charge in [0.2, 0.25) is 10.0 Å². The summed E-state index contributed by atoms with van der Waals surface area (Å²) in [6, 6.07) is 11.5. The maximum Gasteiger partial charge on any atom is 0.232 e. The molecule has 1 atom stereocenters. The molecule has 4 rings (SSSR count). The summed E-state index contributed by atoms with van der Waals surface area (Å²) in [5.41, 5.74) is 2.87. The number of piperidine rings is 1. The average Bonchev–Trinajstić information content (AvgIpc) is 3.08. The molecule has 0 radical (unpaired) electrons. The van der Waals surface area contributed by atoms with Crippen LogP contribution in [0.2, 0.25) is 15.1 Å². The van der Waals surface area contributed by atoms with Crippen molar-refractivity contribution in [3.63, 3.8) is 0 Å². The van der Waals surface area contributed by atoms with Crippen molar-refractivity contribution in [1.29, 1.82) is 0 Å². The zero-order chi connectivity index (χ0) is 23.8. The van der Waals surface area contributed by atoms with E-state index in [1.165, 1.54) is 11.8 Å². The van der Waals surface area contributed by atoms with E-state index >= 15 is 0 Å². The Morgan fingerprint density at radius 1 is 1.06 bits per heavy atom. The second-order valence-electron chi connectivity index (χ2n) is 9.27. The van der Waals surface area contributed by atoms with Crippen LogP contribution < -0.4 is 9.62 Å². The summed E-state index contributed by atoms with van der Waals surface area (Å²) in [7, 11) is -1.37. The van der Waals surface area contributed by atoms with Gasteiger partial charge in [-0.1, -0.05) is 40.9 Å². The van der Waals surface area contributed by atoms with Crippen LogP contribution in [0.1, 0.15) is 36.3 Å². The van der Waals surface area contributed by atoms with Crippen LogP contribution in [-0.4, -0.2) is 59.3 Å². The third-order valence-electron chi connectivity index (χ3n) is 7.12. The standard InChI is InChI=1S/C24H30Cl3N3O2S/c1-28-15-18(17-3-5-21(26)22(27)13-17)7-10-29-11-8-24(9-12-29)16-30(33(2,31)32)23-6-4-19(25)14-20(23)24/h3-6,13-14,18,28H,7-12,15-16H2,1-2H3. The fraction of sp³-hybridized carbons (Fsp3) is 0.500. The molecule has 2 aromatic carbocycles. The lowest BCUT2D eigenvalue weighted by Gasteiger charge is -2.40. The van der Waals surface area contributed by atoms with Crippen LogP contribution in [0.4, 0.5) is 5.69 Å². The first kappa shape index (κ1) is 25.1. The van der Waals surface area contributed by atoms with E-state index in [2.05, 4.69) is 16.3 Å². The number of nitrogens with one attached hydrogen (secondary N) is 1. The van der Waals surface area contributed by atoms with Crippen LogP contribution in [0.5, 0.6) is 0 Å². The van der Waals surface area contributed by atoms with E-state index in [4.69, 9.17) is 34.8 Å². The first-order valence-corrected chi connectivity index (χ1v) is 14.2. The summed E-state index contributed by atoms with van der Waals surface area (Å²) < 4.78 is 26.5. The summed E-state index contributed by atoms with van der Waals surface area (Å²) in [5, 5.41) is 5.11. The van der Waals surface area contributed by atoms with Gasteiger partial charge in [0.05, 0.1) is 22.0 Å². The van der Waals surface area contributed by atoms with Gasteiger partial charge < -0.3 is 10.2 Å². The normalized spacial score (nSPS) is 19.1. The molecule has 180 valence electrons. The molecule has 33 heavy (non-hydrogen) atoms. The lowest BCUT2D eigenvalue weighted by atomic mass is 9.74. The minimum absolute atomic E-state index is 0.173. The highest BCUT2D eigenvalue weighted by Crippen LogP contribution is 2.48. The van der Waals surface area contributed by atoms with E-state index in [-0.39, 0.29) is 5.41 Å². The molecule has 2 aromatic rings. The van der Waals surface area contributed by atoms with Crippen molar-refractivity contribution in [3.8, 4) is 0 Å². The molecule has 2 aliphatic heterocycles. The summed E-state index contributed by atoms with van der Waals surface area (Å²) >= 11 is 18.7. The zero-order valence-corrected chi connectivity index (χ0v) is 22.0. The molecular formula is C24H30Cl3N3O2S. The number of hydrogen-bond donors (Lipinski definition) is 1. The van der Waals surface area contributed by atoms with Crippen molar-refractivity contribution < 1.29 is 8.42 Å². The Morgan fingerprint density at radius 3 is 2.42 bits per heavy atom. The molecule has 2 aliphatic rings. The lowest BCUT2D eigenvalue weighted by Crippen LogP contribution is -2.46. The number of hydrogen-bond acceptors (Lipinski definition) is 4. The highest BCUT2D eigenvalue weighted by Gasteiger charge is 2.47. The number of nitrogens with zero attached hydrogens (tertiary/aromatic N) is 2. The van der Waals surface area contributed by atoms with Crippen molar-refractivity contribution in [3.05, 3.63) is 62.6 Å². The maximum atomic E-state index is 12.4. The highest BCUT2D eigenvalue weighted by atomic mass is 35.5. The van der Waals surface area contributed by atoms with Gasteiger partial charge in [0, 0.05) is 23.5 Å². The van der Waals surface area contributed by atoms with Crippen molar-refractivity contribution in [2.75, 3.05) is 50.3 Å². The molecule has 0 bridgehead atoms. The first-order chi connectivity index (χ1) is 15.6. The predicted octanol–water partition coefficient (Wildman–Crippen LogP) is 5.15. The van der Waals surface area contributed by atoms with E-state index in [1.807, 2.05) is 31.3 Å². The highest BCUT2D eigenvalue weighted by molar-refractivity contribution is 7.92. The second kappa shape index (κ2) is 9.92. The topological polar surface area (TPSA) is 52.6 Å². The molecule has 0 saturated carbocycles. The monoisotopic (exact) mass is 529 g/mol. The number of rotatable bonds is 7. The average molecular weight is 531 g/mol. The number of sulfonamides is 1. The summed E-state index contributed by atoms with van der Waals surface area (Å²) in [4.78, 5) is 2.48. The van der Waals surface area contributed by atoms with Gasteiger partial charge in [-0.2, -0.15) is 0 Å². The molecule has 0 amide bonds. The van der Waals surface area contributed by atoms with Crippen LogP contribution in [0.25, 0.3) is 0 Å². The summed E-state index contributed by atoms with van der Waals surface area (Å²) in [6.45, 7) is 4.20. The molecule has 0 aliphatic carbocycles. The van der Waals surface area contributed by atoms with E-state index in [0.717, 1.165) is 56.7 Å². The molecule has 1 unspecified atom stereocenters. The number of halogens is 3. The van der Waals surface area contributed by atoms with Crippen LogP contribution in [0.3, 0.4) is 0 Å². The number of likely N-dealkylation sites (N-methyl/N-ethyl adjacent to an activating group) is 1. The van der Waals surface area contributed by atoms with Crippen LogP contribution >= 0.6 is 34.8 Å². The van der Waals surface area contributed by atoms with Gasteiger partial charge in [-0.25, -0.2) is 8.42 Å². The Kier molecular flexibility index (Phi) is 7.54. The van der Waals surface area contributed by atoms with Crippen LogP contribution in [0.15, 0.2) is 36.4 Å². The number of anilines is 1. The SMILES string of the molecule is CNCC(CCN1CCC2(CC1)CN(S(C)(=O)=O)c1ccc(Cl)cc12)c1ccc(Cl)c(Cl)c1. The summed E-state index contributed by atoms with van der Waals surface area (Å²) in [5.74, 6) is 0.340. The van der Waals surface area contributed by atoms with E-state index in [9.17, 15) is 8.42 Å². The molecule has 0 aromatic heterocycles. The van der Waals surface area contributed by atoms with Gasteiger partial charge in [-0.05, 0) is 93.3 Å². The lowest BCUT2D eigenvalue weighted by molar-refractivity contribution is 0.163. The maximum absolute atomic E-state index is 12.4. The van der Waals surface area contributed by atoms with Gasteiger partial charge in [-0.3, -0.25) is 4.31 Å². The molecule has 2 heterocycles. The van der Waals surface area contributed by atoms with Gasteiger partial charge in [0.15, 0.2) is 0 Å². The van der Waals surface area contributed by atoms with Crippen LogP contribution in [0, 0.1) is 0 Å². The molecule has 5 nitrogen and oxygen atoms in total. The van der Waals surface area contributed by atoms with E-state index in [1.54, 1.807) is 10.4 Å². The van der Waals surface area contributed by atoms with E-state index in [0.29, 0.717) is 27.5 Å². The first-order valence-electron chi connectivity index (χ1n) is 11.2. The summed E-state index contributed by atoms with van der Waals surface area (Å²) in [6.07, 6.45) is 4.11. The predicted molar refractivity (Wildman–Crippen MR) is 139 cm³/mol. The molecular weight excluding hydrogens is 501 g/mol. The Labute approximate surface area is 212 Å². The molecule has 1 fully saturated rings. The molecule has 1 saturated heterocycles. The van der Waals surface area contributed by atoms with Crippen molar-refractivity contribution >= 4 is 50.5 Å². The van der Waals surface area contributed by atoms with Crippen molar-refractivity contribution in [1.82, 2.24) is 10.2 Å². The second-order valence-corrected chi connectivity index (χ2v) is 12.4. The van der Waals surface area contributed by atoms with Gasteiger partial charge in [-0.15, -0.1) is 0 Å². The third-order valence-corrected chi connectivity index (χ3v) is 9.22. The van der Waals surface area contributed by atoms with Gasteiger partial charge >= 0.3 is 0 Å². The number of likely N-dealkylation sites (tertiary alicyclic amines) is 1. The quantitative estimate of drug-likeness (QED) is 0.538. The number of fused-ring (bicyclic) bond motifs is 2. The Balaban J connectivity index is 1.44. The number of benzene rings is 2. The Hall–Kier alpha value is -1.02. The molecule has 1 N–H and O–H groups in total. The third kappa shape index (κ3) is 5.31. The fourth-order valence-corrected chi connectivity index (χ4v) is 6.74. The molecule has 9 heteroatoms. The van der Waals surface area contributed by atoms with Gasteiger partial charge in [0.25, 0.3) is 0 Å².